The summed E-state index contributed by atoms with van der Waals surface area (Å²) in [6.45, 7) is 0.966. The van der Waals surface area contributed by atoms with Crippen molar-refractivity contribution in [2.75, 3.05) is 13.7 Å². The maximum Gasteiger partial charge on any atom is 0.129 e. The summed E-state index contributed by atoms with van der Waals surface area (Å²) < 4.78 is 23.6. The van der Waals surface area contributed by atoms with Crippen molar-refractivity contribution in [2.45, 2.75) is 13.0 Å². The minimum absolute atomic E-state index is 0.203. The van der Waals surface area contributed by atoms with Crippen LogP contribution < -0.4 is 4.74 Å². The van der Waals surface area contributed by atoms with Crippen LogP contribution in [0.5, 0.6) is 5.75 Å². The van der Waals surface area contributed by atoms with Crippen molar-refractivity contribution in [2.24, 2.45) is 0 Å². The third-order valence-electron chi connectivity index (χ3n) is 2.23. The van der Waals surface area contributed by atoms with E-state index < -0.39 is 0 Å². The largest absolute Gasteiger partial charge is 0.493 e. The van der Waals surface area contributed by atoms with Crippen LogP contribution in [0, 0.1) is 5.82 Å². The zero-order valence-corrected chi connectivity index (χ0v) is 7.47. The smallest absolute Gasteiger partial charge is 0.129 e. The molecule has 0 amide bonds. The SMILES string of the molecule is COCc1c(F)ccc2c1CCO2. The molecule has 0 saturated carbocycles. The second-order valence-electron chi connectivity index (χ2n) is 3.03. The van der Waals surface area contributed by atoms with Crippen LogP contribution in [0.15, 0.2) is 12.1 Å². The Balaban J connectivity index is 2.45. The number of ether oxygens (including phenoxy) is 2. The van der Waals surface area contributed by atoms with Gasteiger partial charge in [-0.05, 0) is 12.1 Å². The van der Waals surface area contributed by atoms with Gasteiger partial charge < -0.3 is 9.47 Å². The molecule has 0 bridgehead atoms. The fourth-order valence-electron chi connectivity index (χ4n) is 1.62. The zero-order chi connectivity index (χ0) is 9.26. The molecule has 1 aliphatic heterocycles. The predicted molar refractivity (Wildman–Crippen MR) is 46.3 cm³/mol. The summed E-state index contributed by atoms with van der Waals surface area (Å²) >= 11 is 0. The molecular weight excluding hydrogens is 171 g/mol. The molecule has 13 heavy (non-hydrogen) atoms. The summed E-state index contributed by atoms with van der Waals surface area (Å²) in [5, 5.41) is 0. The maximum absolute atomic E-state index is 13.3. The highest BCUT2D eigenvalue weighted by Gasteiger charge is 2.18. The van der Waals surface area contributed by atoms with Gasteiger partial charge in [-0.3, -0.25) is 0 Å². The summed E-state index contributed by atoms with van der Waals surface area (Å²) in [5.74, 6) is 0.597. The van der Waals surface area contributed by atoms with Crippen LogP contribution in [0.1, 0.15) is 11.1 Å². The number of hydrogen-bond acceptors (Lipinski definition) is 2. The van der Waals surface area contributed by atoms with Crippen LogP contribution in [0.2, 0.25) is 0 Å². The van der Waals surface area contributed by atoms with E-state index in [1.165, 1.54) is 6.07 Å². The summed E-state index contributed by atoms with van der Waals surface area (Å²) in [4.78, 5) is 0. The molecule has 0 aromatic heterocycles. The fraction of sp³-hybridized carbons (Fsp3) is 0.400. The molecular formula is C10H11FO2. The van der Waals surface area contributed by atoms with Gasteiger partial charge in [-0.15, -0.1) is 0 Å². The highest BCUT2D eigenvalue weighted by Crippen LogP contribution is 2.30. The monoisotopic (exact) mass is 182 g/mol. The molecule has 0 saturated heterocycles. The minimum atomic E-state index is -0.203. The van der Waals surface area contributed by atoms with Crippen molar-refractivity contribution < 1.29 is 13.9 Å². The van der Waals surface area contributed by atoms with Gasteiger partial charge in [-0.1, -0.05) is 0 Å². The van der Waals surface area contributed by atoms with Crippen LogP contribution in [0.4, 0.5) is 4.39 Å². The quantitative estimate of drug-likeness (QED) is 0.695. The Morgan fingerprint density at radius 1 is 1.54 bits per heavy atom. The van der Waals surface area contributed by atoms with E-state index in [0.717, 1.165) is 17.7 Å². The van der Waals surface area contributed by atoms with E-state index in [4.69, 9.17) is 9.47 Å². The zero-order valence-electron chi connectivity index (χ0n) is 7.47. The first kappa shape index (κ1) is 8.51. The lowest BCUT2D eigenvalue weighted by Crippen LogP contribution is -1.97. The Morgan fingerprint density at radius 3 is 3.15 bits per heavy atom. The van der Waals surface area contributed by atoms with Crippen molar-refractivity contribution in [3.63, 3.8) is 0 Å². The maximum atomic E-state index is 13.3. The van der Waals surface area contributed by atoms with Crippen molar-refractivity contribution in [3.05, 3.63) is 29.1 Å². The third-order valence-corrected chi connectivity index (χ3v) is 2.23. The van der Waals surface area contributed by atoms with Gasteiger partial charge in [0.2, 0.25) is 0 Å². The molecule has 0 atom stereocenters. The summed E-state index contributed by atoms with van der Waals surface area (Å²) in [6, 6.07) is 3.11. The normalized spacial score (nSPS) is 14.0. The molecule has 0 fully saturated rings. The Kier molecular flexibility index (Phi) is 2.19. The third kappa shape index (κ3) is 1.40. The average Bonchev–Trinajstić information content (AvgIpc) is 2.58. The van der Waals surface area contributed by atoms with E-state index in [-0.39, 0.29) is 5.82 Å². The van der Waals surface area contributed by atoms with Gasteiger partial charge in [0.25, 0.3) is 0 Å². The van der Waals surface area contributed by atoms with Crippen LogP contribution in [0.25, 0.3) is 0 Å². The molecule has 0 aliphatic carbocycles. The van der Waals surface area contributed by atoms with Crippen molar-refractivity contribution in [1.82, 2.24) is 0 Å². The van der Waals surface area contributed by atoms with Crippen LogP contribution in [0.3, 0.4) is 0 Å². The van der Waals surface area contributed by atoms with Gasteiger partial charge >= 0.3 is 0 Å². The van der Waals surface area contributed by atoms with E-state index >= 15 is 0 Å². The van der Waals surface area contributed by atoms with Gasteiger partial charge in [0.05, 0.1) is 13.2 Å². The molecule has 0 radical (unpaired) electrons. The molecule has 0 unspecified atom stereocenters. The predicted octanol–water partition coefficient (Wildman–Crippen LogP) is 1.91. The van der Waals surface area contributed by atoms with E-state index in [9.17, 15) is 4.39 Å². The summed E-state index contributed by atoms with van der Waals surface area (Å²) in [7, 11) is 1.56. The molecule has 1 heterocycles. The van der Waals surface area contributed by atoms with Crippen molar-refractivity contribution >= 4 is 0 Å². The molecule has 3 heteroatoms. The molecule has 2 nitrogen and oxygen atoms in total. The second-order valence-corrected chi connectivity index (χ2v) is 3.03. The van der Waals surface area contributed by atoms with E-state index in [2.05, 4.69) is 0 Å². The van der Waals surface area contributed by atoms with E-state index in [0.29, 0.717) is 18.8 Å². The molecule has 1 aromatic carbocycles. The highest BCUT2D eigenvalue weighted by atomic mass is 19.1. The Labute approximate surface area is 76.3 Å². The second kappa shape index (κ2) is 3.34. The number of fused-ring (bicyclic) bond motifs is 1. The molecule has 0 N–H and O–H groups in total. The average molecular weight is 182 g/mol. The number of halogens is 1. The molecule has 0 spiro atoms. The Bertz CT molecular complexity index is 323. The molecule has 70 valence electrons. The molecule has 1 aromatic rings. The van der Waals surface area contributed by atoms with Crippen LogP contribution in [-0.2, 0) is 17.8 Å². The van der Waals surface area contributed by atoms with Gasteiger partial charge in [0.1, 0.15) is 11.6 Å². The lowest BCUT2D eigenvalue weighted by atomic mass is 10.1. The number of benzene rings is 1. The van der Waals surface area contributed by atoms with Crippen LogP contribution in [-0.4, -0.2) is 13.7 Å². The lowest BCUT2D eigenvalue weighted by molar-refractivity contribution is 0.180. The van der Waals surface area contributed by atoms with Gasteiger partial charge in [-0.25, -0.2) is 4.39 Å². The fourth-order valence-corrected chi connectivity index (χ4v) is 1.62. The van der Waals surface area contributed by atoms with Gasteiger partial charge in [-0.2, -0.15) is 0 Å². The molecule has 1 aliphatic rings. The Hall–Kier alpha value is -1.09. The van der Waals surface area contributed by atoms with Gasteiger partial charge in [0.15, 0.2) is 0 Å². The topological polar surface area (TPSA) is 18.5 Å². The first-order chi connectivity index (χ1) is 6.33. The van der Waals surface area contributed by atoms with E-state index in [1.54, 1.807) is 13.2 Å². The number of rotatable bonds is 2. The van der Waals surface area contributed by atoms with Crippen LogP contribution >= 0.6 is 0 Å². The van der Waals surface area contributed by atoms with E-state index in [1.807, 2.05) is 0 Å². The lowest BCUT2D eigenvalue weighted by Gasteiger charge is -2.06. The summed E-state index contributed by atoms with van der Waals surface area (Å²) in [5.41, 5.74) is 1.60. The number of methoxy groups -OCH3 is 1. The Morgan fingerprint density at radius 2 is 2.38 bits per heavy atom. The highest BCUT2D eigenvalue weighted by molar-refractivity contribution is 5.43. The van der Waals surface area contributed by atoms with Crippen molar-refractivity contribution in [3.8, 4) is 5.75 Å². The summed E-state index contributed by atoms with van der Waals surface area (Å²) in [6.07, 6.45) is 0.784. The first-order valence-electron chi connectivity index (χ1n) is 4.25. The van der Waals surface area contributed by atoms with Gasteiger partial charge in [0, 0.05) is 24.7 Å². The number of hydrogen-bond donors (Lipinski definition) is 0. The minimum Gasteiger partial charge on any atom is -0.493 e. The van der Waals surface area contributed by atoms with Crippen molar-refractivity contribution in [1.29, 1.82) is 0 Å². The molecule has 2 rings (SSSR count). The first-order valence-corrected chi connectivity index (χ1v) is 4.25. The standard InChI is InChI=1S/C10H11FO2/c1-12-6-8-7-4-5-13-10(7)3-2-9(8)11/h2-3H,4-6H2,1H3.